The summed E-state index contributed by atoms with van der Waals surface area (Å²) in [6.07, 6.45) is 1.81. The van der Waals surface area contributed by atoms with Crippen molar-refractivity contribution in [2.24, 2.45) is 5.73 Å². The van der Waals surface area contributed by atoms with E-state index in [2.05, 4.69) is 35.3 Å². The third-order valence-electron chi connectivity index (χ3n) is 3.46. The molecule has 1 aliphatic carbocycles. The molecule has 1 aromatic carbocycles. The van der Waals surface area contributed by atoms with Crippen molar-refractivity contribution in [3.8, 4) is 0 Å². The van der Waals surface area contributed by atoms with E-state index in [-0.39, 0.29) is 0 Å². The summed E-state index contributed by atoms with van der Waals surface area (Å²) in [4.78, 5) is 4.29. The van der Waals surface area contributed by atoms with Crippen molar-refractivity contribution < 1.29 is 4.52 Å². The smallest absolute Gasteiger partial charge is 0.223 e. The molecule has 1 unspecified atom stereocenters. The van der Waals surface area contributed by atoms with E-state index in [1.54, 1.807) is 6.92 Å². The molecule has 0 aliphatic heterocycles. The highest BCUT2D eigenvalue weighted by Crippen LogP contribution is 2.38. The summed E-state index contributed by atoms with van der Waals surface area (Å²) in [5.74, 6) is 1.16. The molecular weight excluding hydrogens is 214 g/mol. The van der Waals surface area contributed by atoms with Gasteiger partial charge < -0.3 is 10.3 Å². The Bertz CT molecular complexity index is 576. The maximum atomic E-state index is 6.49. The van der Waals surface area contributed by atoms with E-state index in [1.165, 1.54) is 11.1 Å². The molecule has 0 saturated heterocycles. The zero-order valence-corrected chi connectivity index (χ0v) is 10.0. The first-order valence-corrected chi connectivity index (χ1v) is 5.79. The summed E-state index contributed by atoms with van der Waals surface area (Å²) in [6.45, 7) is 3.85. The number of aromatic nitrogens is 2. The molecule has 0 radical (unpaired) electrons. The first kappa shape index (κ1) is 10.5. The number of benzene rings is 1. The van der Waals surface area contributed by atoms with Crippen LogP contribution in [-0.4, -0.2) is 10.1 Å². The van der Waals surface area contributed by atoms with Crippen LogP contribution in [0.4, 0.5) is 0 Å². The summed E-state index contributed by atoms with van der Waals surface area (Å²) in [5, 5.41) is 3.99. The Kier molecular flexibility index (Phi) is 2.10. The van der Waals surface area contributed by atoms with E-state index < -0.39 is 5.54 Å². The van der Waals surface area contributed by atoms with Gasteiger partial charge in [-0.05, 0) is 30.9 Å². The predicted octanol–water partition coefficient (Wildman–Crippen LogP) is 1.83. The van der Waals surface area contributed by atoms with Crippen LogP contribution in [-0.2, 0) is 12.0 Å². The number of hydrogen-bond acceptors (Lipinski definition) is 4. The number of hydrogen-bond donors (Lipinski definition) is 1. The Morgan fingerprint density at radius 2 is 2.18 bits per heavy atom. The second kappa shape index (κ2) is 3.40. The second-order valence-corrected chi connectivity index (χ2v) is 4.77. The third kappa shape index (κ3) is 1.48. The first-order valence-electron chi connectivity index (χ1n) is 5.79. The average Bonchev–Trinajstić information content (AvgIpc) is 2.86. The van der Waals surface area contributed by atoms with Crippen LogP contribution in [0, 0.1) is 13.8 Å². The molecule has 0 saturated carbocycles. The van der Waals surface area contributed by atoms with Gasteiger partial charge in [-0.15, -0.1) is 0 Å². The minimum Gasteiger partial charge on any atom is -0.340 e. The number of fused-ring (bicyclic) bond motifs is 1. The highest BCUT2D eigenvalue weighted by Gasteiger charge is 2.40. The van der Waals surface area contributed by atoms with Gasteiger partial charge in [-0.1, -0.05) is 28.9 Å². The Hall–Kier alpha value is -1.68. The lowest BCUT2D eigenvalue weighted by atomic mass is 9.91. The lowest BCUT2D eigenvalue weighted by molar-refractivity contribution is 0.371. The molecule has 0 amide bonds. The molecule has 17 heavy (non-hydrogen) atoms. The van der Waals surface area contributed by atoms with E-state index in [0.29, 0.717) is 11.7 Å². The zero-order chi connectivity index (χ0) is 12.0. The fourth-order valence-corrected chi connectivity index (χ4v) is 2.50. The van der Waals surface area contributed by atoms with Crippen LogP contribution in [0.3, 0.4) is 0 Å². The standard InChI is InChI=1S/C13H15N3O/c1-8-3-4-10-5-6-13(14,11(10)7-8)12-15-9(2)17-16-12/h3-4,7H,5-6,14H2,1-2H3. The number of aryl methyl sites for hydroxylation is 3. The Morgan fingerprint density at radius 1 is 1.35 bits per heavy atom. The largest absolute Gasteiger partial charge is 0.340 e. The van der Waals surface area contributed by atoms with Gasteiger partial charge in [0.25, 0.3) is 0 Å². The molecule has 4 heteroatoms. The first-order chi connectivity index (χ1) is 8.09. The number of rotatable bonds is 1. The molecule has 1 atom stereocenters. The SMILES string of the molecule is Cc1ccc2c(c1)C(N)(c1noc(C)n1)CC2. The van der Waals surface area contributed by atoms with Crippen molar-refractivity contribution >= 4 is 0 Å². The van der Waals surface area contributed by atoms with Gasteiger partial charge in [0, 0.05) is 6.92 Å². The van der Waals surface area contributed by atoms with Gasteiger partial charge in [-0.25, -0.2) is 0 Å². The summed E-state index contributed by atoms with van der Waals surface area (Å²) >= 11 is 0. The van der Waals surface area contributed by atoms with Crippen LogP contribution in [0.1, 0.15) is 34.8 Å². The van der Waals surface area contributed by atoms with E-state index in [9.17, 15) is 0 Å². The fraction of sp³-hybridized carbons (Fsp3) is 0.385. The highest BCUT2D eigenvalue weighted by molar-refractivity contribution is 5.44. The average molecular weight is 229 g/mol. The van der Waals surface area contributed by atoms with Gasteiger partial charge >= 0.3 is 0 Å². The summed E-state index contributed by atoms with van der Waals surface area (Å²) in [7, 11) is 0. The normalized spacial score (nSPS) is 22.8. The zero-order valence-electron chi connectivity index (χ0n) is 10.0. The van der Waals surface area contributed by atoms with Gasteiger partial charge in [0.2, 0.25) is 5.89 Å². The van der Waals surface area contributed by atoms with Crippen LogP contribution in [0.5, 0.6) is 0 Å². The van der Waals surface area contributed by atoms with Crippen LogP contribution >= 0.6 is 0 Å². The lowest BCUT2D eigenvalue weighted by Crippen LogP contribution is -2.36. The van der Waals surface area contributed by atoms with Gasteiger partial charge in [-0.2, -0.15) is 4.98 Å². The number of nitrogens with zero attached hydrogens (tertiary/aromatic N) is 2. The van der Waals surface area contributed by atoms with Crippen LogP contribution < -0.4 is 5.73 Å². The van der Waals surface area contributed by atoms with Crippen LogP contribution in [0.25, 0.3) is 0 Å². The van der Waals surface area contributed by atoms with Crippen molar-refractivity contribution in [2.45, 2.75) is 32.2 Å². The van der Waals surface area contributed by atoms with Gasteiger partial charge in [0.05, 0.1) is 0 Å². The topological polar surface area (TPSA) is 64.9 Å². The fourth-order valence-electron chi connectivity index (χ4n) is 2.50. The molecular formula is C13H15N3O. The molecule has 4 nitrogen and oxygen atoms in total. The minimum absolute atomic E-state index is 0.561. The second-order valence-electron chi connectivity index (χ2n) is 4.77. The van der Waals surface area contributed by atoms with Crippen molar-refractivity contribution in [3.05, 3.63) is 46.6 Å². The molecule has 0 fully saturated rings. The predicted molar refractivity (Wildman–Crippen MR) is 63.5 cm³/mol. The molecule has 2 aromatic rings. The van der Waals surface area contributed by atoms with Gasteiger partial charge in [0.1, 0.15) is 5.54 Å². The van der Waals surface area contributed by atoms with E-state index in [1.807, 2.05) is 0 Å². The molecule has 0 bridgehead atoms. The molecule has 2 N–H and O–H groups in total. The molecule has 0 spiro atoms. The molecule has 3 rings (SSSR count). The van der Waals surface area contributed by atoms with Gasteiger partial charge in [-0.3, -0.25) is 0 Å². The molecule has 1 aromatic heterocycles. The van der Waals surface area contributed by atoms with E-state index in [0.717, 1.165) is 18.4 Å². The maximum absolute atomic E-state index is 6.49. The van der Waals surface area contributed by atoms with E-state index in [4.69, 9.17) is 10.3 Å². The summed E-state index contributed by atoms with van der Waals surface area (Å²) in [5.41, 5.74) is 9.54. The number of nitrogens with two attached hydrogens (primary N) is 1. The van der Waals surface area contributed by atoms with Crippen LogP contribution in [0.15, 0.2) is 22.7 Å². The van der Waals surface area contributed by atoms with Crippen molar-refractivity contribution in [1.29, 1.82) is 0 Å². The third-order valence-corrected chi connectivity index (χ3v) is 3.46. The van der Waals surface area contributed by atoms with E-state index >= 15 is 0 Å². The van der Waals surface area contributed by atoms with Crippen molar-refractivity contribution in [1.82, 2.24) is 10.1 Å². The molecule has 1 heterocycles. The monoisotopic (exact) mass is 229 g/mol. The molecule has 1 aliphatic rings. The van der Waals surface area contributed by atoms with Gasteiger partial charge in [0.15, 0.2) is 5.82 Å². The highest BCUT2D eigenvalue weighted by atomic mass is 16.5. The lowest BCUT2D eigenvalue weighted by Gasteiger charge is -2.21. The summed E-state index contributed by atoms with van der Waals surface area (Å²) < 4.78 is 5.05. The van der Waals surface area contributed by atoms with Crippen LogP contribution in [0.2, 0.25) is 0 Å². The Morgan fingerprint density at radius 3 is 2.88 bits per heavy atom. The maximum Gasteiger partial charge on any atom is 0.223 e. The molecule has 88 valence electrons. The Labute approximate surface area is 99.8 Å². The van der Waals surface area contributed by atoms with Crippen molar-refractivity contribution in [3.63, 3.8) is 0 Å². The Balaban J connectivity index is 2.16. The van der Waals surface area contributed by atoms with Crippen molar-refractivity contribution in [2.75, 3.05) is 0 Å². The summed E-state index contributed by atoms with van der Waals surface area (Å²) in [6, 6.07) is 6.40. The minimum atomic E-state index is -0.584. The quantitative estimate of drug-likeness (QED) is 0.810.